The molecule has 0 aliphatic heterocycles. The van der Waals surface area contributed by atoms with Crippen molar-refractivity contribution in [3.05, 3.63) is 18.7 Å². The van der Waals surface area contributed by atoms with Gasteiger partial charge in [-0.15, -0.1) is 0 Å². The maximum absolute atomic E-state index is 11.3. The van der Waals surface area contributed by atoms with E-state index in [2.05, 4.69) is 0 Å². The first-order valence-electron chi connectivity index (χ1n) is 4.82. The first-order chi connectivity index (χ1) is 6.61. The molecule has 0 amide bonds. The lowest BCUT2D eigenvalue weighted by molar-refractivity contribution is -0.671. The van der Waals surface area contributed by atoms with Crippen LogP contribution in [0.4, 0.5) is 0 Å². The molecule has 0 bridgehead atoms. The third kappa shape index (κ3) is 3.20. The van der Waals surface area contributed by atoms with Crippen LogP contribution in [-0.4, -0.2) is 16.6 Å². The number of esters is 1. The minimum atomic E-state index is -0.185. The third-order valence-electron chi connectivity index (χ3n) is 2.04. The summed E-state index contributed by atoms with van der Waals surface area (Å²) in [6, 6.07) is 0. The van der Waals surface area contributed by atoms with E-state index in [0.29, 0.717) is 0 Å². The minimum absolute atomic E-state index is 0.00631. The number of aromatic nitrogens is 2. The van der Waals surface area contributed by atoms with Gasteiger partial charge in [0, 0.05) is 0 Å². The Morgan fingerprint density at radius 1 is 1.64 bits per heavy atom. The van der Waals surface area contributed by atoms with Gasteiger partial charge in [-0.2, -0.15) is 0 Å². The number of aryl methyl sites for hydroxylation is 1. The van der Waals surface area contributed by atoms with Gasteiger partial charge in [0.1, 0.15) is 12.4 Å². The topological polar surface area (TPSA) is 35.1 Å². The van der Waals surface area contributed by atoms with Crippen molar-refractivity contribution in [1.29, 1.82) is 0 Å². The molecule has 0 aliphatic carbocycles. The quantitative estimate of drug-likeness (QED) is 0.525. The molecule has 0 unspecified atom stereocenters. The van der Waals surface area contributed by atoms with Gasteiger partial charge >= 0.3 is 5.97 Å². The SMILES string of the molecule is CC[C@@H](C)OC(=O)Cn1cc[n+](C)c1. The molecule has 1 heterocycles. The predicted molar refractivity (Wildman–Crippen MR) is 51.5 cm³/mol. The molecule has 1 aromatic rings. The molecular weight excluding hydrogens is 180 g/mol. The molecule has 1 atom stereocenters. The van der Waals surface area contributed by atoms with Crippen LogP contribution in [0, 0.1) is 0 Å². The average molecular weight is 197 g/mol. The summed E-state index contributed by atoms with van der Waals surface area (Å²) in [5.41, 5.74) is 0. The number of hydrogen-bond acceptors (Lipinski definition) is 2. The minimum Gasteiger partial charge on any atom is -0.460 e. The normalized spacial score (nSPS) is 12.5. The number of rotatable bonds is 4. The summed E-state index contributed by atoms with van der Waals surface area (Å²) in [5.74, 6) is -0.185. The van der Waals surface area contributed by atoms with Gasteiger partial charge in [-0.05, 0) is 13.3 Å². The lowest BCUT2D eigenvalue weighted by Crippen LogP contribution is -2.25. The van der Waals surface area contributed by atoms with Gasteiger partial charge in [-0.3, -0.25) is 0 Å². The van der Waals surface area contributed by atoms with Crippen molar-refractivity contribution in [2.24, 2.45) is 7.05 Å². The molecule has 0 saturated heterocycles. The maximum Gasteiger partial charge on any atom is 0.348 e. The van der Waals surface area contributed by atoms with Crippen LogP contribution in [0.1, 0.15) is 20.3 Å². The maximum atomic E-state index is 11.3. The summed E-state index contributed by atoms with van der Waals surface area (Å²) in [7, 11) is 1.91. The highest BCUT2D eigenvalue weighted by Gasteiger charge is 2.11. The van der Waals surface area contributed by atoms with Crippen molar-refractivity contribution < 1.29 is 14.1 Å². The highest BCUT2D eigenvalue weighted by Crippen LogP contribution is 1.97. The van der Waals surface area contributed by atoms with E-state index < -0.39 is 0 Å². The van der Waals surface area contributed by atoms with Gasteiger partial charge in [-0.1, -0.05) is 6.92 Å². The van der Waals surface area contributed by atoms with Crippen molar-refractivity contribution in [3.63, 3.8) is 0 Å². The standard InChI is InChI=1S/C10H17N2O2/c1-4-9(2)14-10(13)7-12-6-5-11(3)8-12/h5-6,8-9H,4,7H2,1-3H3/q+1/t9-/m1/s1. The van der Waals surface area contributed by atoms with E-state index in [9.17, 15) is 4.79 Å². The second-order valence-corrected chi connectivity index (χ2v) is 3.46. The van der Waals surface area contributed by atoms with Crippen LogP contribution in [0.3, 0.4) is 0 Å². The van der Waals surface area contributed by atoms with E-state index in [1.807, 2.05) is 44.2 Å². The molecule has 0 spiro atoms. The Morgan fingerprint density at radius 3 is 2.86 bits per heavy atom. The molecule has 0 aliphatic rings. The van der Waals surface area contributed by atoms with Crippen molar-refractivity contribution in [2.75, 3.05) is 0 Å². The zero-order valence-corrected chi connectivity index (χ0v) is 8.93. The van der Waals surface area contributed by atoms with Crippen LogP contribution >= 0.6 is 0 Å². The van der Waals surface area contributed by atoms with Crippen LogP contribution < -0.4 is 4.57 Å². The second kappa shape index (κ2) is 4.79. The molecule has 0 fully saturated rings. The molecular formula is C10H17N2O2+. The van der Waals surface area contributed by atoms with Gasteiger partial charge in [0.05, 0.1) is 13.2 Å². The van der Waals surface area contributed by atoms with Gasteiger partial charge in [0.2, 0.25) is 6.33 Å². The molecule has 78 valence electrons. The lowest BCUT2D eigenvalue weighted by atomic mass is 10.3. The van der Waals surface area contributed by atoms with E-state index >= 15 is 0 Å². The summed E-state index contributed by atoms with van der Waals surface area (Å²) >= 11 is 0. The zero-order chi connectivity index (χ0) is 10.6. The van der Waals surface area contributed by atoms with Gasteiger partial charge < -0.3 is 4.74 Å². The van der Waals surface area contributed by atoms with E-state index in [1.54, 1.807) is 4.57 Å². The third-order valence-corrected chi connectivity index (χ3v) is 2.04. The summed E-state index contributed by atoms with van der Waals surface area (Å²) in [5, 5.41) is 0. The summed E-state index contributed by atoms with van der Waals surface area (Å²) in [4.78, 5) is 11.3. The first-order valence-corrected chi connectivity index (χ1v) is 4.82. The molecule has 1 rings (SSSR count). The highest BCUT2D eigenvalue weighted by atomic mass is 16.5. The Hall–Kier alpha value is -1.32. The molecule has 0 N–H and O–H groups in total. The lowest BCUT2D eigenvalue weighted by Gasteiger charge is -2.08. The Morgan fingerprint density at radius 2 is 2.36 bits per heavy atom. The van der Waals surface area contributed by atoms with E-state index in [-0.39, 0.29) is 18.6 Å². The summed E-state index contributed by atoms with van der Waals surface area (Å²) < 4.78 is 8.83. The van der Waals surface area contributed by atoms with Crippen LogP contribution in [-0.2, 0) is 23.1 Å². The number of imidazole rings is 1. The van der Waals surface area contributed by atoms with Crippen molar-refractivity contribution in [3.8, 4) is 0 Å². The summed E-state index contributed by atoms with van der Waals surface area (Å²) in [6.45, 7) is 4.17. The Bertz CT molecular complexity index is 307. The van der Waals surface area contributed by atoms with E-state index in [4.69, 9.17) is 4.74 Å². The molecule has 4 nitrogen and oxygen atoms in total. The zero-order valence-electron chi connectivity index (χ0n) is 8.93. The van der Waals surface area contributed by atoms with Crippen LogP contribution in [0.25, 0.3) is 0 Å². The number of ether oxygens (including phenoxy) is 1. The molecule has 0 radical (unpaired) electrons. The average Bonchev–Trinajstić information content (AvgIpc) is 2.50. The predicted octanol–water partition coefficient (Wildman–Crippen LogP) is 0.654. The largest absolute Gasteiger partial charge is 0.460 e. The fraction of sp³-hybridized carbons (Fsp3) is 0.600. The number of nitrogens with zero attached hydrogens (tertiary/aromatic N) is 2. The molecule has 4 heteroatoms. The monoisotopic (exact) mass is 197 g/mol. The second-order valence-electron chi connectivity index (χ2n) is 3.46. The van der Waals surface area contributed by atoms with Crippen LogP contribution in [0.2, 0.25) is 0 Å². The molecule has 14 heavy (non-hydrogen) atoms. The fourth-order valence-corrected chi connectivity index (χ4v) is 1.09. The Kier molecular flexibility index (Phi) is 3.68. The van der Waals surface area contributed by atoms with E-state index in [1.165, 1.54) is 0 Å². The van der Waals surface area contributed by atoms with Crippen LogP contribution in [0.15, 0.2) is 18.7 Å². The summed E-state index contributed by atoms with van der Waals surface area (Å²) in [6.07, 6.45) is 6.43. The van der Waals surface area contributed by atoms with Gasteiger partial charge in [-0.25, -0.2) is 13.9 Å². The van der Waals surface area contributed by atoms with Crippen molar-refractivity contribution >= 4 is 5.97 Å². The van der Waals surface area contributed by atoms with Crippen LogP contribution in [0.5, 0.6) is 0 Å². The first kappa shape index (κ1) is 10.8. The number of carbonyl (C=O) groups is 1. The van der Waals surface area contributed by atoms with Crippen molar-refractivity contribution in [2.45, 2.75) is 32.9 Å². The molecule has 1 aromatic heterocycles. The Balaban J connectivity index is 2.41. The Labute approximate surface area is 84.1 Å². The fourth-order valence-electron chi connectivity index (χ4n) is 1.09. The smallest absolute Gasteiger partial charge is 0.348 e. The van der Waals surface area contributed by atoms with Crippen molar-refractivity contribution in [1.82, 2.24) is 4.57 Å². The van der Waals surface area contributed by atoms with E-state index in [0.717, 1.165) is 6.42 Å². The molecule has 0 aromatic carbocycles. The molecule has 0 saturated carbocycles. The number of carbonyl (C=O) groups excluding carboxylic acids is 1. The van der Waals surface area contributed by atoms with Gasteiger partial charge in [0.15, 0.2) is 6.54 Å². The number of hydrogen-bond donors (Lipinski definition) is 0. The highest BCUT2D eigenvalue weighted by molar-refractivity contribution is 5.69. The van der Waals surface area contributed by atoms with Gasteiger partial charge in [0.25, 0.3) is 0 Å².